The van der Waals surface area contributed by atoms with Gasteiger partial charge in [0.05, 0.1) is 6.61 Å². The number of aliphatic hydroxyl groups is 1. The predicted molar refractivity (Wildman–Crippen MR) is 155 cm³/mol. The summed E-state index contributed by atoms with van der Waals surface area (Å²) in [4.78, 5) is 39.4. The Balaban J connectivity index is 1.30. The number of nitrogens with zero attached hydrogens (tertiary/aromatic N) is 1. The molecule has 2 bridgehead atoms. The van der Waals surface area contributed by atoms with Crippen molar-refractivity contribution >= 4 is 23.9 Å². The minimum atomic E-state index is -2.04. The largest absolute Gasteiger partial charge is 0.494 e. The maximum absolute atomic E-state index is 13.7. The van der Waals surface area contributed by atoms with E-state index in [1.165, 1.54) is 0 Å². The zero-order chi connectivity index (χ0) is 28.7. The number of hydrogen-bond acceptors (Lipinski definition) is 7. The zero-order valence-corrected chi connectivity index (χ0v) is 23.0. The van der Waals surface area contributed by atoms with Gasteiger partial charge in [0.15, 0.2) is 0 Å². The molecule has 3 aliphatic rings. The Hall–Kier alpha value is -4.01. The van der Waals surface area contributed by atoms with Gasteiger partial charge in [0.25, 0.3) is 5.91 Å². The van der Waals surface area contributed by atoms with Gasteiger partial charge in [-0.15, -0.1) is 0 Å². The van der Waals surface area contributed by atoms with Crippen LogP contribution in [0.25, 0.3) is 0 Å². The van der Waals surface area contributed by atoms with Crippen LogP contribution < -0.4 is 10.1 Å². The van der Waals surface area contributed by atoms with E-state index >= 15 is 0 Å². The summed E-state index contributed by atoms with van der Waals surface area (Å²) in [6.07, 6.45) is 4.68. The third-order valence-corrected chi connectivity index (χ3v) is 7.98. The van der Waals surface area contributed by atoms with Gasteiger partial charge in [-0.3, -0.25) is 9.69 Å². The molecule has 3 saturated heterocycles. The molecule has 0 saturated carbocycles. The Morgan fingerprint density at radius 2 is 1.68 bits per heavy atom. The summed E-state index contributed by atoms with van der Waals surface area (Å²) < 4.78 is 11.7. The van der Waals surface area contributed by atoms with Crippen molar-refractivity contribution in [3.05, 3.63) is 95.6 Å². The number of hydrogen-bond donors (Lipinski definition) is 2. The molecule has 0 aromatic heterocycles. The lowest BCUT2D eigenvalue weighted by Gasteiger charge is -2.44. The minimum Gasteiger partial charge on any atom is -0.494 e. The number of ether oxygens (including phenoxy) is 2. The van der Waals surface area contributed by atoms with E-state index < -0.39 is 11.6 Å². The lowest BCUT2D eigenvalue weighted by molar-refractivity contribution is -0.177. The summed E-state index contributed by atoms with van der Waals surface area (Å²) >= 11 is 0. The van der Waals surface area contributed by atoms with E-state index in [1.807, 2.05) is 6.07 Å². The van der Waals surface area contributed by atoms with Crippen molar-refractivity contribution < 1.29 is 29.0 Å². The van der Waals surface area contributed by atoms with Crippen LogP contribution in [-0.4, -0.2) is 60.5 Å². The molecule has 3 aliphatic heterocycles. The van der Waals surface area contributed by atoms with Crippen molar-refractivity contribution in [2.75, 3.05) is 31.6 Å². The van der Waals surface area contributed by atoms with Crippen molar-refractivity contribution in [3.63, 3.8) is 0 Å². The number of carbonyl (C=O) groups excluding carboxylic acids is 3. The fourth-order valence-electron chi connectivity index (χ4n) is 5.60. The molecule has 0 aliphatic carbocycles. The topological polar surface area (TPSA) is 105 Å². The van der Waals surface area contributed by atoms with Crippen LogP contribution in [0.15, 0.2) is 78.9 Å². The van der Waals surface area contributed by atoms with Crippen LogP contribution >= 0.6 is 0 Å². The molecule has 0 radical (unpaired) electrons. The number of unbranched alkanes of at least 4 members (excludes halogenated alkanes) is 2. The first-order valence-corrected chi connectivity index (χ1v) is 14.3. The summed E-state index contributed by atoms with van der Waals surface area (Å²) in [7, 11) is 0. The molecule has 3 fully saturated rings. The van der Waals surface area contributed by atoms with E-state index in [0.29, 0.717) is 53.6 Å². The molecule has 6 rings (SSSR count). The van der Waals surface area contributed by atoms with E-state index in [2.05, 4.69) is 10.2 Å². The second kappa shape index (κ2) is 13.1. The highest BCUT2D eigenvalue weighted by molar-refractivity contribution is 6.04. The summed E-state index contributed by atoms with van der Waals surface area (Å²) in [5, 5.41) is 14.9. The molecule has 1 amide bonds. The molecule has 3 aromatic carbocycles. The summed E-state index contributed by atoms with van der Waals surface area (Å²) in [5.74, 6) is -0.108. The number of anilines is 1. The summed E-state index contributed by atoms with van der Waals surface area (Å²) in [6, 6.07) is 22.3. The van der Waals surface area contributed by atoms with Crippen molar-refractivity contribution in [1.82, 2.24) is 4.90 Å². The van der Waals surface area contributed by atoms with Crippen molar-refractivity contribution in [2.45, 2.75) is 43.8 Å². The van der Waals surface area contributed by atoms with Gasteiger partial charge in [-0.2, -0.15) is 0 Å². The van der Waals surface area contributed by atoms with Crippen molar-refractivity contribution in [3.8, 4) is 5.75 Å². The van der Waals surface area contributed by atoms with Crippen molar-refractivity contribution in [1.29, 1.82) is 0 Å². The third-order valence-electron chi connectivity index (χ3n) is 7.98. The summed E-state index contributed by atoms with van der Waals surface area (Å²) in [6.45, 7) is 3.21. The molecular weight excluding hydrogens is 520 g/mol. The molecule has 214 valence electrons. The first-order valence-electron chi connectivity index (χ1n) is 14.3. The van der Waals surface area contributed by atoms with Crippen LogP contribution in [0, 0.1) is 5.92 Å². The van der Waals surface area contributed by atoms with Gasteiger partial charge < -0.3 is 24.7 Å². The van der Waals surface area contributed by atoms with Gasteiger partial charge in [-0.1, -0.05) is 42.5 Å². The van der Waals surface area contributed by atoms with Crippen LogP contribution in [0.4, 0.5) is 5.69 Å². The highest BCUT2D eigenvalue weighted by Gasteiger charge is 2.45. The maximum atomic E-state index is 13.7. The number of amides is 1. The molecule has 0 spiro atoms. The first-order chi connectivity index (χ1) is 20.0. The normalized spacial score (nSPS) is 21.0. The van der Waals surface area contributed by atoms with Crippen LogP contribution in [-0.2, 0) is 19.9 Å². The second-order valence-electron chi connectivity index (χ2n) is 10.7. The SMILES string of the molecule is O=CCCCCOc1ccc(C(=O)Nc2cccc(C(O)(C(=O)O[C@H]3CN4CCC3CC4)c3ccccc3)c2)cc1. The Kier molecular flexibility index (Phi) is 9.11. The zero-order valence-electron chi connectivity index (χ0n) is 23.0. The van der Waals surface area contributed by atoms with Crippen LogP contribution in [0.1, 0.15) is 53.6 Å². The number of rotatable bonds is 12. The molecule has 41 heavy (non-hydrogen) atoms. The van der Waals surface area contributed by atoms with Gasteiger partial charge in [-0.25, -0.2) is 4.79 Å². The molecule has 2 N–H and O–H groups in total. The highest BCUT2D eigenvalue weighted by Crippen LogP contribution is 2.36. The molecule has 3 aromatic rings. The van der Waals surface area contributed by atoms with E-state index in [1.54, 1.807) is 72.8 Å². The molecule has 3 heterocycles. The molecule has 2 atom stereocenters. The van der Waals surface area contributed by atoms with Crippen LogP contribution in [0.2, 0.25) is 0 Å². The molecule has 8 heteroatoms. The van der Waals surface area contributed by atoms with Gasteiger partial charge >= 0.3 is 5.97 Å². The average Bonchev–Trinajstić information content (AvgIpc) is 3.02. The quantitative estimate of drug-likeness (QED) is 0.191. The lowest BCUT2D eigenvalue weighted by atomic mass is 9.84. The fraction of sp³-hybridized carbons (Fsp3) is 0.364. The number of esters is 1. The van der Waals surface area contributed by atoms with Crippen LogP contribution in [0.5, 0.6) is 5.75 Å². The standard InChI is InChI=1S/C33H36N2O6/c36-20-5-2-6-21-40-29-14-12-25(13-15-29)31(37)34-28-11-7-10-27(22-28)33(39,26-8-3-1-4-9-26)32(38)41-30-23-35-18-16-24(30)17-19-35/h1,3-4,7-15,20,22,24,30,39H,2,5-6,16-19,21,23H2,(H,34,37)/t30-,33?/m0/s1. The Morgan fingerprint density at radius 1 is 0.951 bits per heavy atom. The molecule has 8 nitrogen and oxygen atoms in total. The lowest BCUT2D eigenvalue weighted by Crippen LogP contribution is -2.53. The number of aldehydes is 1. The Morgan fingerprint density at radius 3 is 2.37 bits per heavy atom. The molecular formula is C33H36N2O6. The monoisotopic (exact) mass is 556 g/mol. The fourth-order valence-corrected chi connectivity index (χ4v) is 5.60. The second-order valence-corrected chi connectivity index (χ2v) is 10.7. The van der Waals surface area contributed by atoms with Crippen LogP contribution in [0.3, 0.4) is 0 Å². The molecule has 1 unspecified atom stereocenters. The van der Waals surface area contributed by atoms with E-state index in [4.69, 9.17) is 9.47 Å². The first kappa shape index (κ1) is 28.5. The average molecular weight is 557 g/mol. The van der Waals surface area contributed by atoms with Gasteiger partial charge in [0, 0.05) is 29.8 Å². The van der Waals surface area contributed by atoms with Gasteiger partial charge in [-0.05, 0) is 86.7 Å². The van der Waals surface area contributed by atoms with Crippen molar-refractivity contribution in [2.24, 2.45) is 5.92 Å². The van der Waals surface area contributed by atoms with Gasteiger partial charge in [0.2, 0.25) is 5.60 Å². The number of carbonyl (C=O) groups is 3. The minimum absolute atomic E-state index is 0.258. The third kappa shape index (κ3) is 6.66. The van der Waals surface area contributed by atoms with E-state index in [0.717, 1.165) is 45.1 Å². The summed E-state index contributed by atoms with van der Waals surface area (Å²) in [5.41, 5.74) is -0.460. The predicted octanol–water partition coefficient (Wildman–Crippen LogP) is 4.56. The Bertz CT molecular complexity index is 1340. The maximum Gasteiger partial charge on any atom is 0.348 e. The number of benzene rings is 3. The van der Waals surface area contributed by atoms with E-state index in [9.17, 15) is 19.5 Å². The highest BCUT2D eigenvalue weighted by atomic mass is 16.6. The number of piperidine rings is 3. The van der Waals surface area contributed by atoms with E-state index in [-0.39, 0.29) is 12.0 Å². The Labute approximate surface area is 240 Å². The number of nitrogens with one attached hydrogen (secondary N) is 1. The smallest absolute Gasteiger partial charge is 0.348 e. The van der Waals surface area contributed by atoms with Gasteiger partial charge in [0.1, 0.15) is 18.1 Å². The number of fused-ring (bicyclic) bond motifs is 3.